The first-order valence-corrected chi connectivity index (χ1v) is 9.69. The molecule has 0 saturated heterocycles. The van der Waals surface area contributed by atoms with Gasteiger partial charge in [0.05, 0.1) is 31.5 Å². The van der Waals surface area contributed by atoms with Crippen molar-refractivity contribution in [1.29, 1.82) is 0 Å². The van der Waals surface area contributed by atoms with Crippen LogP contribution in [0.15, 0.2) is 35.2 Å². The molecular formula is C18H18N2O4S2. The van der Waals surface area contributed by atoms with Crippen LogP contribution in [0, 0.1) is 0 Å². The molecule has 0 unspecified atom stereocenters. The van der Waals surface area contributed by atoms with Gasteiger partial charge < -0.3 is 14.2 Å². The molecule has 1 heterocycles. The Labute approximate surface area is 159 Å². The minimum Gasteiger partial charge on any atom is -0.493 e. The third-order valence-corrected chi connectivity index (χ3v) is 5.40. The van der Waals surface area contributed by atoms with Crippen molar-refractivity contribution in [3.05, 3.63) is 35.9 Å². The van der Waals surface area contributed by atoms with Gasteiger partial charge in [-0.25, -0.2) is 4.98 Å². The molecule has 3 rings (SSSR count). The molecule has 0 fully saturated rings. The lowest BCUT2D eigenvalue weighted by atomic mass is 10.1. The van der Waals surface area contributed by atoms with Gasteiger partial charge in [-0.3, -0.25) is 10.1 Å². The van der Waals surface area contributed by atoms with E-state index in [1.54, 1.807) is 23.9 Å². The van der Waals surface area contributed by atoms with E-state index in [2.05, 4.69) is 16.4 Å². The molecule has 136 valence electrons. The largest absolute Gasteiger partial charge is 0.493 e. The highest BCUT2D eigenvalue weighted by molar-refractivity contribution is 7.98. The molecule has 2 aromatic carbocycles. The number of nitrogens with zero attached hydrogens (tertiary/aromatic N) is 1. The summed E-state index contributed by atoms with van der Waals surface area (Å²) in [6.07, 6.45) is 2.02. The van der Waals surface area contributed by atoms with Gasteiger partial charge in [0, 0.05) is 10.5 Å². The lowest BCUT2D eigenvalue weighted by Gasteiger charge is -2.13. The van der Waals surface area contributed by atoms with Crippen molar-refractivity contribution in [2.24, 2.45) is 0 Å². The molecule has 0 saturated carbocycles. The molecule has 0 spiro atoms. The maximum Gasteiger partial charge on any atom is 0.257 e. The van der Waals surface area contributed by atoms with Crippen molar-refractivity contribution in [1.82, 2.24) is 4.98 Å². The first kappa shape index (κ1) is 18.3. The van der Waals surface area contributed by atoms with Gasteiger partial charge in [0.25, 0.3) is 5.91 Å². The Morgan fingerprint density at radius 2 is 1.77 bits per heavy atom. The van der Waals surface area contributed by atoms with E-state index in [9.17, 15) is 4.79 Å². The molecule has 1 N–H and O–H groups in total. The van der Waals surface area contributed by atoms with Crippen LogP contribution in [0.25, 0.3) is 10.2 Å². The summed E-state index contributed by atoms with van der Waals surface area (Å²) in [5, 5.41) is 3.37. The van der Waals surface area contributed by atoms with E-state index in [0.717, 1.165) is 15.1 Å². The lowest BCUT2D eigenvalue weighted by molar-refractivity contribution is 0.102. The summed E-state index contributed by atoms with van der Waals surface area (Å²) < 4.78 is 16.9. The summed E-state index contributed by atoms with van der Waals surface area (Å²) >= 11 is 3.10. The Balaban J connectivity index is 1.90. The normalized spacial score (nSPS) is 10.6. The summed E-state index contributed by atoms with van der Waals surface area (Å²) in [5.74, 6) is 0.987. The van der Waals surface area contributed by atoms with Gasteiger partial charge in [0.1, 0.15) is 0 Å². The van der Waals surface area contributed by atoms with Crippen molar-refractivity contribution in [3.63, 3.8) is 0 Å². The van der Waals surface area contributed by atoms with Crippen molar-refractivity contribution in [2.45, 2.75) is 4.90 Å². The highest BCUT2D eigenvalue weighted by atomic mass is 32.2. The third-order valence-electron chi connectivity index (χ3n) is 3.74. The van der Waals surface area contributed by atoms with Crippen LogP contribution in [0.1, 0.15) is 10.4 Å². The third kappa shape index (κ3) is 3.56. The van der Waals surface area contributed by atoms with E-state index in [4.69, 9.17) is 14.2 Å². The summed E-state index contributed by atoms with van der Waals surface area (Å²) in [6, 6.07) is 9.24. The molecule has 0 atom stereocenters. The standard InChI is InChI=1S/C18H18N2O4S2/c1-22-13-7-10(8-14(23-2)16(13)24-3)17(21)20-18-19-12-6-5-11(25-4)9-15(12)26-18/h5-9H,1-4H3,(H,19,20,21). The number of nitrogens with one attached hydrogen (secondary N) is 1. The highest BCUT2D eigenvalue weighted by Gasteiger charge is 2.18. The highest BCUT2D eigenvalue weighted by Crippen LogP contribution is 2.38. The van der Waals surface area contributed by atoms with Gasteiger partial charge in [0.15, 0.2) is 16.6 Å². The second kappa shape index (κ2) is 7.84. The maximum atomic E-state index is 12.6. The number of anilines is 1. The Bertz CT molecular complexity index is 931. The summed E-state index contributed by atoms with van der Waals surface area (Å²) in [6.45, 7) is 0. The molecule has 3 aromatic rings. The molecule has 8 heteroatoms. The van der Waals surface area contributed by atoms with Crippen molar-refractivity contribution >= 4 is 44.4 Å². The zero-order valence-corrected chi connectivity index (χ0v) is 16.4. The van der Waals surface area contributed by atoms with Crippen LogP contribution in [0.3, 0.4) is 0 Å². The molecule has 0 aliphatic carbocycles. The number of fused-ring (bicyclic) bond motifs is 1. The van der Waals surface area contributed by atoms with E-state index < -0.39 is 0 Å². The Kier molecular flexibility index (Phi) is 5.53. The predicted molar refractivity (Wildman–Crippen MR) is 105 cm³/mol. The topological polar surface area (TPSA) is 69.7 Å². The lowest BCUT2D eigenvalue weighted by Crippen LogP contribution is -2.12. The Morgan fingerprint density at radius 1 is 1.08 bits per heavy atom. The molecule has 0 aliphatic heterocycles. The minimum atomic E-state index is -0.298. The number of methoxy groups -OCH3 is 3. The predicted octanol–water partition coefficient (Wildman–Crippen LogP) is 4.30. The molecule has 0 bridgehead atoms. The van der Waals surface area contributed by atoms with Gasteiger partial charge >= 0.3 is 0 Å². The number of rotatable bonds is 6. The smallest absolute Gasteiger partial charge is 0.257 e. The fourth-order valence-electron chi connectivity index (χ4n) is 2.47. The second-order valence-corrected chi connectivity index (χ2v) is 7.13. The quantitative estimate of drug-likeness (QED) is 0.633. The average Bonchev–Trinajstić information content (AvgIpc) is 3.07. The summed E-state index contributed by atoms with van der Waals surface area (Å²) in [4.78, 5) is 18.3. The van der Waals surface area contributed by atoms with Crippen LogP contribution in [0.4, 0.5) is 5.13 Å². The van der Waals surface area contributed by atoms with Crippen molar-refractivity contribution in [2.75, 3.05) is 32.9 Å². The van der Waals surface area contributed by atoms with Crippen LogP contribution in [-0.4, -0.2) is 38.5 Å². The number of aromatic nitrogens is 1. The number of benzene rings is 2. The maximum absolute atomic E-state index is 12.6. The summed E-state index contributed by atoms with van der Waals surface area (Å²) in [5.41, 5.74) is 1.25. The zero-order valence-electron chi connectivity index (χ0n) is 14.8. The van der Waals surface area contributed by atoms with E-state index in [0.29, 0.717) is 27.9 Å². The molecule has 1 aromatic heterocycles. The fraction of sp³-hybridized carbons (Fsp3) is 0.222. The van der Waals surface area contributed by atoms with Crippen LogP contribution >= 0.6 is 23.1 Å². The minimum absolute atomic E-state index is 0.298. The number of thioether (sulfide) groups is 1. The van der Waals surface area contributed by atoms with E-state index in [1.807, 2.05) is 18.4 Å². The number of ether oxygens (including phenoxy) is 3. The first-order valence-electron chi connectivity index (χ1n) is 7.65. The average molecular weight is 390 g/mol. The van der Waals surface area contributed by atoms with Crippen molar-refractivity contribution in [3.8, 4) is 17.2 Å². The molecule has 6 nitrogen and oxygen atoms in total. The van der Waals surface area contributed by atoms with Crippen LogP contribution < -0.4 is 19.5 Å². The number of hydrogen-bond acceptors (Lipinski definition) is 7. The Hall–Kier alpha value is -2.45. The van der Waals surface area contributed by atoms with Gasteiger partial charge in [0.2, 0.25) is 5.75 Å². The molecule has 1 amide bonds. The summed E-state index contributed by atoms with van der Waals surface area (Å²) in [7, 11) is 4.54. The molecule has 0 radical (unpaired) electrons. The number of hydrogen-bond donors (Lipinski definition) is 1. The number of carbonyl (C=O) groups is 1. The first-order chi connectivity index (χ1) is 12.6. The van der Waals surface area contributed by atoms with E-state index in [-0.39, 0.29) is 5.91 Å². The molecular weight excluding hydrogens is 372 g/mol. The van der Waals surface area contributed by atoms with Gasteiger partial charge in [-0.1, -0.05) is 11.3 Å². The van der Waals surface area contributed by atoms with Gasteiger partial charge in [-0.05, 0) is 36.6 Å². The van der Waals surface area contributed by atoms with Crippen LogP contribution in [0.5, 0.6) is 17.2 Å². The fourth-order valence-corrected chi connectivity index (χ4v) is 3.88. The Morgan fingerprint density at radius 3 is 2.35 bits per heavy atom. The van der Waals surface area contributed by atoms with E-state index in [1.165, 1.54) is 32.7 Å². The van der Waals surface area contributed by atoms with Crippen molar-refractivity contribution < 1.29 is 19.0 Å². The van der Waals surface area contributed by atoms with Crippen LogP contribution in [-0.2, 0) is 0 Å². The van der Waals surface area contributed by atoms with Gasteiger partial charge in [-0.2, -0.15) is 0 Å². The number of carbonyl (C=O) groups excluding carboxylic acids is 1. The number of amides is 1. The zero-order chi connectivity index (χ0) is 18.7. The molecule has 26 heavy (non-hydrogen) atoms. The molecule has 0 aliphatic rings. The SMILES string of the molecule is COc1cc(C(=O)Nc2nc3ccc(SC)cc3s2)cc(OC)c1OC. The second-order valence-electron chi connectivity index (χ2n) is 5.22. The number of thiazole rings is 1. The van der Waals surface area contributed by atoms with Gasteiger partial charge in [-0.15, -0.1) is 11.8 Å². The monoisotopic (exact) mass is 390 g/mol. The van der Waals surface area contributed by atoms with E-state index >= 15 is 0 Å². The van der Waals surface area contributed by atoms with Crippen LogP contribution in [0.2, 0.25) is 0 Å².